The molecule has 0 aliphatic heterocycles. The van der Waals surface area contributed by atoms with E-state index in [1.54, 1.807) is 18.4 Å². The van der Waals surface area contributed by atoms with Gasteiger partial charge in [-0.25, -0.2) is 13.1 Å². The van der Waals surface area contributed by atoms with Gasteiger partial charge < -0.3 is 5.73 Å². The van der Waals surface area contributed by atoms with Crippen molar-refractivity contribution in [1.29, 1.82) is 0 Å². The Hall–Kier alpha value is -1.20. The van der Waals surface area contributed by atoms with Gasteiger partial charge in [0.15, 0.2) is 0 Å². The van der Waals surface area contributed by atoms with E-state index < -0.39 is 20.8 Å². The number of hydrogen-bond donors (Lipinski definition) is 2. The van der Waals surface area contributed by atoms with Crippen LogP contribution in [0.1, 0.15) is 18.9 Å². The quantitative estimate of drug-likeness (QED) is 0.741. The normalized spacial score (nSPS) is 14.0. The Morgan fingerprint density at radius 1 is 1.43 bits per heavy atom. The monoisotopic (exact) mass is 328 g/mol. The molecule has 3 N–H and O–H groups in total. The maximum absolute atomic E-state index is 12.1. The molecule has 2 unspecified atom stereocenters. The molecule has 0 radical (unpaired) electrons. The van der Waals surface area contributed by atoms with Crippen molar-refractivity contribution >= 4 is 20.8 Å². The molecule has 0 aliphatic rings. The van der Waals surface area contributed by atoms with Crippen molar-refractivity contribution < 1.29 is 12.6 Å². The van der Waals surface area contributed by atoms with E-state index in [1.807, 2.05) is 6.92 Å². The van der Waals surface area contributed by atoms with Crippen molar-refractivity contribution in [2.45, 2.75) is 23.5 Å². The number of hydrogen-bond acceptors (Lipinski definition) is 4. The molecule has 5 nitrogen and oxygen atoms in total. The average Bonchev–Trinajstić information content (AvgIpc) is 2.45. The highest BCUT2D eigenvalue weighted by Crippen LogP contribution is 2.11. The first-order valence-corrected chi connectivity index (χ1v) is 9.58. The summed E-state index contributed by atoms with van der Waals surface area (Å²) in [4.78, 5) is 0.164. The molecular formula is C14H20N2O3S2. The maximum atomic E-state index is 12.1. The van der Waals surface area contributed by atoms with Gasteiger partial charge in [0.05, 0.1) is 11.4 Å². The summed E-state index contributed by atoms with van der Waals surface area (Å²) >= 11 is 0. The van der Waals surface area contributed by atoms with Gasteiger partial charge in [-0.05, 0) is 24.6 Å². The SMILES string of the molecule is CC(CCNS(=O)(=O)c1cccc(C#CCN)c1)S(C)=O. The number of nitrogens with one attached hydrogen (secondary N) is 1. The van der Waals surface area contributed by atoms with Gasteiger partial charge in [-0.2, -0.15) is 0 Å². The number of benzene rings is 1. The number of rotatable bonds is 6. The van der Waals surface area contributed by atoms with Crippen LogP contribution in [0.15, 0.2) is 29.2 Å². The van der Waals surface area contributed by atoms with Crippen molar-refractivity contribution in [3.63, 3.8) is 0 Å². The van der Waals surface area contributed by atoms with Gasteiger partial charge in [-0.15, -0.1) is 0 Å². The minimum atomic E-state index is -3.58. The number of sulfonamides is 1. The Balaban J connectivity index is 2.76. The van der Waals surface area contributed by atoms with Crippen molar-refractivity contribution in [2.24, 2.45) is 5.73 Å². The van der Waals surface area contributed by atoms with Crippen LogP contribution in [-0.2, 0) is 20.8 Å². The standard InChI is InChI=1S/C14H20N2O3S2/c1-12(20(2)17)8-10-16-21(18,19)14-7-3-5-13(11-14)6-4-9-15/h3,5,7,11-12,16H,8-10,15H2,1-2H3. The predicted octanol–water partition coefficient (Wildman–Crippen LogP) is 0.432. The van der Waals surface area contributed by atoms with Crippen LogP contribution >= 0.6 is 0 Å². The Labute approximate surface area is 128 Å². The summed E-state index contributed by atoms with van der Waals surface area (Å²) in [6, 6.07) is 6.38. The van der Waals surface area contributed by atoms with Gasteiger partial charge in [0.25, 0.3) is 0 Å². The smallest absolute Gasteiger partial charge is 0.240 e. The Kier molecular flexibility index (Phi) is 7.05. The van der Waals surface area contributed by atoms with Crippen molar-refractivity contribution in [3.05, 3.63) is 29.8 Å². The van der Waals surface area contributed by atoms with E-state index in [9.17, 15) is 12.6 Å². The Bertz CT molecular complexity index is 660. The molecule has 1 aromatic carbocycles. The van der Waals surface area contributed by atoms with E-state index >= 15 is 0 Å². The second-order valence-corrected chi connectivity index (χ2v) is 8.10. The molecule has 0 amide bonds. The summed E-state index contributed by atoms with van der Waals surface area (Å²) in [5.41, 5.74) is 5.89. The van der Waals surface area contributed by atoms with E-state index in [1.165, 1.54) is 12.1 Å². The molecule has 0 saturated heterocycles. The highest BCUT2D eigenvalue weighted by molar-refractivity contribution is 7.89. The molecule has 0 aromatic heterocycles. The van der Waals surface area contributed by atoms with E-state index in [0.717, 1.165) is 0 Å². The molecule has 21 heavy (non-hydrogen) atoms. The molecule has 0 spiro atoms. The number of nitrogens with two attached hydrogens (primary N) is 1. The van der Waals surface area contributed by atoms with E-state index in [-0.39, 0.29) is 23.2 Å². The molecule has 0 bridgehead atoms. The van der Waals surface area contributed by atoms with E-state index in [4.69, 9.17) is 5.73 Å². The van der Waals surface area contributed by atoms with Gasteiger partial charge >= 0.3 is 0 Å². The maximum Gasteiger partial charge on any atom is 0.240 e. The lowest BCUT2D eigenvalue weighted by Crippen LogP contribution is -2.27. The second kappa shape index (κ2) is 8.29. The zero-order chi connectivity index (χ0) is 15.9. The molecule has 1 rings (SSSR count). The van der Waals surface area contributed by atoms with Crippen LogP contribution < -0.4 is 10.5 Å². The predicted molar refractivity (Wildman–Crippen MR) is 85.7 cm³/mol. The molecule has 116 valence electrons. The van der Waals surface area contributed by atoms with E-state index in [0.29, 0.717) is 12.0 Å². The van der Waals surface area contributed by atoms with Crippen molar-refractivity contribution in [3.8, 4) is 11.8 Å². The Morgan fingerprint density at radius 3 is 2.76 bits per heavy atom. The molecule has 7 heteroatoms. The summed E-state index contributed by atoms with van der Waals surface area (Å²) in [6.45, 7) is 2.30. The lowest BCUT2D eigenvalue weighted by molar-refractivity contribution is 0.578. The van der Waals surface area contributed by atoms with Crippen LogP contribution in [0.25, 0.3) is 0 Å². The first-order chi connectivity index (χ1) is 9.86. The van der Waals surface area contributed by atoms with Crippen LogP contribution in [0.5, 0.6) is 0 Å². The van der Waals surface area contributed by atoms with Crippen molar-refractivity contribution in [1.82, 2.24) is 4.72 Å². The van der Waals surface area contributed by atoms with Gasteiger partial charge in [0, 0.05) is 34.4 Å². The average molecular weight is 328 g/mol. The molecule has 0 heterocycles. The topological polar surface area (TPSA) is 89.3 Å². The molecule has 0 saturated carbocycles. The van der Waals surface area contributed by atoms with Gasteiger partial charge in [-0.3, -0.25) is 4.21 Å². The zero-order valence-corrected chi connectivity index (χ0v) is 13.8. The Morgan fingerprint density at radius 2 is 2.14 bits per heavy atom. The summed E-state index contributed by atoms with van der Waals surface area (Å²) < 4.78 is 38.0. The van der Waals surface area contributed by atoms with Gasteiger partial charge in [-0.1, -0.05) is 24.8 Å². The third-order valence-corrected chi connectivity index (χ3v) is 5.72. The van der Waals surface area contributed by atoms with Gasteiger partial charge in [0.2, 0.25) is 10.0 Å². The van der Waals surface area contributed by atoms with Crippen LogP contribution in [0, 0.1) is 11.8 Å². The van der Waals surface area contributed by atoms with Gasteiger partial charge in [0.1, 0.15) is 0 Å². The molecule has 0 aliphatic carbocycles. The lowest BCUT2D eigenvalue weighted by Gasteiger charge is -2.10. The highest BCUT2D eigenvalue weighted by atomic mass is 32.2. The molecule has 2 atom stereocenters. The first kappa shape index (κ1) is 17.9. The van der Waals surface area contributed by atoms with Crippen molar-refractivity contribution in [2.75, 3.05) is 19.3 Å². The second-order valence-electron chi connectivity index (χ2n) is 4.53. The van der Waals surface area contributed by atoms with Crippen LogP contribution in [-0.4, -0.2) is 37.2 Å². The largest absolute Gasteiger partial charge is 0.320 e. The zero-order valence-electron chi connectivity index (χ0n) is 12.1. The van der Waals surface area contributed by atoms with Crippen LogP contribution in [0.3, 0.4) is 0 Å². The van der Waals surface area contributed by atoms with Crippen LogP contribution in [0.2, 0.25) is 0 Å². The lowest BCUT2D eigenvalue weighted by atomic mass is 10.2. The third-order valence-electron chi connectivity index (χ3n) is 2.89. The third kappa shape index (κ3) is 5.98. The minimum absolute atomic E-state index is 0.0468. The highest BCUT2D eigenvalue weighted by Gasteiger charge is 2.15. The molecule has 0 fully saturated rings. The fraction of sp³-hybridized carbons (Fsp3) is 0.429. The minimum Gasteiger partial charge on any atom is -0.320 e. The summed E-state index contributed by atoms with van der Waals surface area (Å²) in [5.74, 6) is 5.48. The molecular weight excluding hydrogens is 308 g/mol. The summed E-state index contributed by atoms with van der Waals surface area (Å²) in [7, 11) is -4.53. The first-order valence-electron chi connectivity index (χ1n) is 6.47. The van der Waals surface area contributed by atoms with Crippen LogP contribution in [0.4, 0.5) is 0 Å². The fourth-order valence-corrected chi connectivity index (χ4v) is 3.08. The van der Waals surface area contributed by atoms with E-state index in [2.05, 4.69) is 16.6 Å². The summed E-state index contributed by atoms with van der Waals surface area (Å²) in [5, 5.41) is -0.0468. The molecule has 1 aromatic rings. The summed E-state index contributed by atoms with van der Waals surface area (Å²) in [6.07, 6.45) is 2.13. The fourth-order valence-electron chi connectivity index (χ4n) is 1.54.